The molecule has 17 N–H and O–H groups in total. The molecule has 8 amide bonds. The summed E-state index contributed by atoms with van der Waals surface area (Å²) in [5, 5.41) is 119. The van der Waals surface area contributed by atoms with Crippen molar-refractivity contribution in [2.45, 2.75) is 279 Å². The number of rotatable bonds is 60. The molecular weight excluding hydrogens is 1550 g/mol. The van der Waals surface area contributed by atoms with Crippen LogP contribution < -0.4 is 37.2 Å². The quantitative estimate of drug-likeness (QED) is 0.0231. The van der Waals surface area contributed by atoms with Crippen LogP contribution in [-0.2, 0) is 108 Å². The molecule has 0 saturated carbocycles. The minimum atomic E-state index is -4.09. The molecule has 4 aliphatic rings. The highest BCUT2D eigenvalue weighted by atomic mass is 31.2. The van der Waals surface area contributed by atoms with Crippen molar-refractivity contribution in [2.75, 3.05) is 126 Å². The van der Waals surface area contributed by atoms with E-state index in [1.807, 2.05) is 0 Å². The summed E-state index contributed by atoms with van der Waals surface area (Å²) in [6.45, 7) is 3.75. The van der Waals surface area contributed by atoms with Gasteiger partial charge in [-0.3, -0.25) is 52.1 Å². The van der Waals surface area contributed by atoms with Crippen molar-refractivity contribution in [2.24, 2.45) is 5.92 Å². The van der Waals surface area contributed by atoms with E-state index in [0.29, 0.717) is 148 Å². The van der Waals surface area contributed by atoms with Crippen molar-refractivity contribution in [1.82, 2.24) is 57.1 Å². The van der Waals surface area contributed by atoms with E-state index in [1.165, 1.54) is 20.8 Å². The predicted octanol–water partition coefficient (Wildman–Crippen LogP) is -2.85. The largest absolute Gasteiger partial charge is 0.471 e. The van der Waals surface area contributed by atoms with Gasteiger partial charge in [0.2, 0.25) is 47.3 Å². The lowest BCUT2D eigenvalue weighted by Gasteiger charge is -2.42. The Kier molecular flexibility index (Phi) is 48.7. The Bertz CT molecular complexity index is 2850. The number of hydrogen-bond donors (Lipinski definition) is 17. The number of ether oxygens (including phenoxy) is 9. The first-order valence-corrected chi connectivity index (χ1v) is 42.2. The summed E-state index contributed by atoms with van der Waals surface area (Å²) in [6, 6.07) is -3.20. The average molecular weight is 1690 g/mol. The maximum atomic E-state index is 14.6. The lowest BCUT2D eigenvalue weighted by molar-refractivity contribution is -0.270. The van der Waals surface area contributed by atoms with E-state index in [4.69, 9.17) is 47.2 Å². The van der Waals surface area contributed by atoms with Crippen LogP contribution in [-0.4, -0.2) is 341 Å². The highest BCUT2D eigenvalue weighted by Crippen LogP contribution is 2.42. The van der Waals surface area contributed by atoms with Gasteiger partial charge >= 0.3 is 7.82 Å². The molecule has 4 aliphatic heterocycles. The molecule has 1 aromatic rings. The Balaban J connectivity index is 1.15. The molecule has 0 radical (unpaired) electrons. The van der Waals surface area contributed by atoms with Gasteiger partial charge in [0.15, 0.2) is 18.9 Å². The standard InChI is InChI=1S/C74H132N11O30P/c1-49(89)78-61-67(99)64(96)54(43-86)113-71(61)109-35-19-11-7-15-29-75-57(92)26-38-106-46-74(47-107-39-27-58(93)76-30-16-8-12-20-36-110-72-62(79-50(2)90)68(100)65(97)55(44-87)114-72,48-108-40-28-59(94)77-31-17-9-13-21-37-111-73-63(80-51(3)91)69(101)66(98)56(45-88)115-73)81-70(102)52-23-33-84(34-24-52)60(95)22-14-6-5-10-18-32-85-42-53(82-83-85)25-41-112-116(103,104)105-4/h42,52,54-56,61-69,71-73,86-88,96-101H,5-41,43-48H2,1-4H3,(H,75,92)(H,76,93)(H,77,94)(H,78,89)(H,79,90)(H,80,91)(H,81,102)(H,103,104). The molecule has 0 aliphatic carbocycles. The van der Waals surface area contributed by atoms with Crippen molar-refractivity contribution in [1.29, 1.82) is 0 Å². The number of piperidine rings is 1. The van der Waals surface area contributed by atoms with Crippen molar-refractivity contribution in [3.63, 3.8) is 0 Å². The van der Waals surface area contributed by atoms with Crippen molar-refractivity contribution < 1.29 is 145 Å². The smallest absolute Gasteiger partial charge is 0.394 e. The van der Waals surface area contributed by atoms with Crippen molar-refractivity contribution >= 4 is 55.1 Å². The number of hydrogen-bond acceptors (Lipinski definition) is 31. The van der Waals surface area contributed by atoms with Crippen molar-refractivity contribution in [3.05, 3.63) is 11.9 Å². The number of unbranched alkanes of at least 4 members (excludes halogenated alkanes) is 13. The van der Waals surface area contributed by atoms with E-state index < -0.39 is 149 Å². The lowest BCUT2D eigenvalue weighted by Crippen LogP contribution is -2.64. The molecule has 4 fully saturated rings. The van der Waals surface area contributed by atoms with E-state index in [-0.39, 0.29) is 121 Å². The summed E-state index contributed by atoms with van der Waals surface area (Å²) < 4.78 is 75.5. The van der Waals surface area contributed by atoms with Gasteiger partial charge in [-0.2, -0.15) is 0 Å². The first-order chi connectivity index (χ1) is 55.6. The van der Waals surface area contributed by atoms with Gasteiger partial charge in [-0.05, 0) is 64.2 Å². The Labute approximate surface area is 677 Å². The summed E-state index contributed by atoms with van der Waals surface area (Å²) in [7, 11) is -3.01. The van der Waals surface area contributed by atoms with Gasteiger partial charge in [0.05, 0.1) is 71.8 Å². The fraction of sp³-hybridized carbons (Fsp3) is 0.865. The monoisotopic (exact) mass is 1690 g/mol. The number of likely N-dealkylation sites (tertiary alicyclic amines) is 1. The third kappa shape index (κ3) is 37.9. The topological polar surface area (TPSA) is 576 Å². The Morgan fingerprint density at radius 1 is 0.500 bits per heavy atom. The highest BCUT2D eigenvalue weighted by Gasteiger charge is 2.48. The number of amides is 8. The van der Waals surface area contributed by atoms with Gasteiger partial charge in [0.25, 0.3) is 0 Å². The predicted molar refractivity (Wildman–Crippen MR) is 409 cm³/mol. The number of nitrogens with one attached hydrogen (secondary N) is 7. The first-order valence-electron chi connectivity index (χ1n) is 40.7. The third-order valence-electron chi connectivity index (χ3n) is 20.1. The molecule has 0 bridgehead atoms. The van der Waals surface area contributed by atoms with Crippen molar-refractivity contribution in [3.8, 4) is 0 Å². The third-order valence-corrected chi connectivity index (χ3v) is 21.1. The lowest BCUT2D eigenvalue weighted by atomic mass is 9.93. The Hall–Kier alpha value is -5.71. The van der Waals surface area contributed by atoms with Gasteiger partial charge in [0, 0.05) is 131 Å². The molecule has 41 nitrogen and oxygen atoms in total. The zero-order valence-corrected chi connectivity index (χ0v) is 68.5. The zero-order valence-electron chi connectivity index (χ0n) is 67.6. The minimum Gasteiger partial charge on any atom is -0.394 e. The average Bonchev–Trinajstić information content (AvgIpc) is 0.914. The number of aromatic nitrogens is 3. The second kappa shape index (κ2) is 56.0. The molecule has 16 unspecified atom stereocenters. The van der Waals surface area contributed by atoms with Crippen LogP contribution in [0.1, 0.15) is 174 Å². The van der Waals surface area contributed by atoms with Crippen LogP contribution in [0, 0.1) is 5.92 Å². The van der Waals surface area contributed by atoms with Gasteiger partial charge in [-0.15, -0.1) is 5.10 Å². The van der Waals surface area contributed by atoms with E-state index in [0.717, 1.165) is 32.8 Å². The number of carbonyl (C=O) groups is 8. The van der Waals surface area contributed by atoms with E-state index in [1.54, 1.807) is 15.8 Å². The SMILES string of the molecule is COP(=O)(O)OCCc1cn(CCCCCCCC(=O)N2CCC(C(=O)NC(COCCC(=O)NCCCCCCOC3OC(CO)C(O)C(O)C3NC(C)=O)(COCCC(=O)NCCCCCCOC3OC(CO)C(O)C(O)C3NC(C)=O)COCCC(=O)NCCCCCCOC3OC(CO)C(O)C(O)C3NC(C)=O)CC2)nn1. The van der Waals surface area contributed by atoms with E-state index in [2.05, 4.69) is 52.1 Å². The zero-order chi connectivity index (χ0) is 84.8. The molecule has 1 aromatic heterocycles. The molecule has 16 atom stereocenters. The van der Waals surface area contributed by atoms with Crippen LogP contribution in [0.4, 0.5) is 0 Å². The minimum absolute atomic E-state index is 0.0188. The van der Waals surface area contributed by atoms with Gasteiger partial charge in [-0.1, -0.05) is 63.0 Å². The molecule has 5 rings (SSSR count). The molecule has 0 aromatic carbocycles. The molecule has 668 valence electrons. The Morgan fingerprint density at radius 2 is 0.871 bits per heavy atom. The fourth-order valence-corrected chi connectivity index (χ4v) is 14.0. The summed E-state index contributed by atoms with van der Waals surface area (Å²) >= 11 is 0. The van der Waals surface area contributed by atoms with E-state index >= 15 is 0 Å². The highest BCUT2D eigenvalue weighted by molar-refractivity contribution is 7.47. The molecular formula is C74H132N11O30P. The number of aliphatic hydroxyl groups excluding tert-OH is 9. The molecule has 116 heavy (non-hydrogen) atoms. The molecule has 4 saturated heterocycles. The number of phosphoric acid groups is 1. The molecule has 5 heterocycles. The van der Waals surface area contributed by atoms with Crippen LogP contribution in [0.25, 0.3) is 0 Å². The summed E-state index contributed by atoms with van der Waals surface area (Å²) in [4.78, 5) is 115. The van der Waals surface area contributed by atoms with Crippen LogP contribution in [0.5, 0.6) is 0 Å². The summed E-state index contributed by atoms with van der Waals surface area (Å²) in [6.07, 6.45) is -0.804. The number of nitrogens with zero attached hydrogens (tertiary/aromatic N) is 4. The van der Waals surface area contributed by atoms with E-state index in [9.17, 15) is 93.8 Å². The second-order valence-electron chi connectivity index (χ2n) is 29.8. The van der Waals surface area contributed by atoms with Crippen LogP contribution >= 0.6 is 7.82 Å². The molecule has 42 heteroatoms. The number of carbonyl (C=O) groups excluding carboxylic acids is 8. The van der Waals surface area contributed by atoms with Gasteiger partial charge < -0.3 is 136 Å². The first kappa shape index (κ1) is 101. The van der Waals surface area contributed by atoms with Crippen LogP contribution in [0.2, 0.25) is 0 Å². The molecule has 0 spiro atoms. The normalized spacial score (nSPS) is 25.5. The summed E-state index contributed by atoms with van der Waals surface area (Å²) in [5.74, 6) is -3.31. The fourth-order valence-electron chi connectivity index (χ4n) is 13.5. The number of aliphatic hydroxyl groups is 9. The number of aryl methyl sites for hydroxylation is 1. The van der Waals surface area contributed by atoms with Crippen LogP contribution in [0.15, 0.2) is 6.20 Å². The number of phosphoric ester groups is 1. The summed E-state index contributed by atoms with van der Waals surface area (Å²) in [5.41, 5.74) is -0.840. The maximum Gasteiger partial charge on any atom is 0.471 e. The maximum absolute atomic E-state index is 14.6. The van der Waals surface area contributed by atoms with Gasteiger partial charge in [-0.25, -0.2) is 4.57 Å². The Morgan fingerprint density at radius 3 is 1.25 bits per heavy atom. The second-order valence-corrected chi connectivity index (χ2v) is 31.3. The van der Waals surface area contributed by atoms with Crippen LogP contribution in [0.3, 0.4) is 0 Å². The van der Waals surface area contributed by atoms with Gasteiger partial charge in [0.1, 0.15) is 78.6 Å².